The van der Waals surface area contributed by atoms with E-state index in [0.717, 1.165) is 25.7 Å². The van der Waals surface area contributed by atoms with E-state index in [0.29, 0.717) is 12.8 Å². The van der Waals surface area contributed by atoms with Crippen LogP contribution in [0.2, 0.25) is 0 Å². The summed E-state index contributed by atoms with van der Waals surface area (Å²) in [5.74, 6) is 0.275. The van der Waals surface area contributed by atoms with Crippen molar-refractivity contribution < 1.29 is 14.7 Å². The quantitative estimate of drug-likeness (QED) is 0.721. The number of carbonyl (C=O) groups excluding carboxylic acids is 1. The van der Waals surface area contributed by atoms with Gasteiger partial charge in [0.15, 0.2) is 5.78 Å². The minimum atomic E-state index is -1.07. The van der Waals surface area contributed by atoms with Gasteiger partial charge in [0.05, 0.1) is 0 Å². The first kappa shape index (κ1) is 9.49. The largest absolute Gasteiger partial charge is 0.465 e. The second kappa shape index (κ2) is 3.26. The average Bonchev–Trinajstić information content (AvgIpc) is 2.86. The van der Waals surface area contributed by atoms with E-state index in [1.165, 1.54) is 0 Å². The summed E-state index contributed by atoms with van der Waals surface area (Å²) in [5, 5.41) is 11.2. The van der Waals surface area contributed by atoms with Crippen LogP contribution in [0, 0.1) is 5.92 Å². The van der Waals surface area contributed by atoms with Gasteiger partial charge >= 0.3 is 6.09 Å². The zero-order chi connectivity index (χ0) is 10.2. The number of carbonyl (C=O) groups is 2. The molecule has 0 heterocycles. The van der Waals surface area contributed by atoms with Crippen LogP contribution in [0.1, 0.15) is 38.5 Å². The van der Waals surface area contributed by atoms with Gasteiger partial charge in [-0.15, -0.1) is 0 Å². The van der Waals surface area contributed by atoms with Gasteiger partial charge in [-0.3, -0.25) is 4.79 Å². The molecule has 0 radical (unpaired) electrons. The number of nitrogens with one attached hydrogen (secondary N) is 1. The van der Waals surface area contributed by atoms with Gasteiger partial charge < -0.3 is 10.4 Å². The Balaban J connectivity index is 2.11. The van der Waals surface area contributed by atoms with E-state index >= 15 is 0 Å². The maximum Gasteiger partial charge on any atom is 0.405 e. The summed E-state index contributed by atoms with van der Waals surface area (Å²) in [7, 11) is 0. The summed E-state index contributed by atoms with van der Waals surface area (Å²) >= 11 is 0. The summed E-state index contributed by atoms with van der Waals surface area (Å²) in [4.78, 5) is 22.6. The van der Waals surface area contributed by atoms with Crippen molar-refractivity contribution in [1.82, 2.24) is 5.32 Å². The van der Waals surface area contributed by atoms with Gasteiger partial charge in [0.1, 0.15) is 5.54 Å². The number of amides is 1. The Bertz CT molecular complexity index is 265. The van der Waals surface area contributed by atoms with Crippen LogP contribution in [0.5, 0.6) is 0 Å². The zero-order valence-electron chi connectivity index (χ0n) is 8.08. The predicted octanol–water partition coefficient (Wildman–Crippen LogP) is 1.55. The van der Waals surface area contributed by atoms with E-state index in [2.05, 4.69) is 5.32 Å². The lowest BCUT2D eigenvalue weighted by Gasteiger charge is -2.27. The molecule has 0 bridgehead atoms. The van der Waals surface area contributed by atoms with Crippen LogP contribution in [0.25, 0.3) is 0 Å². The molecule has 2 aliphatic rings. The molecule has 0 atom stereocenters. The molecule has 2 N–H and O–H groups in total. The molecule has 4 heteroatoms. The van der Waals surface area contributed by atoms with Crippen molar-refractivity contribution in [2.24, 2.45) is 5.92 Å². The fourth-order valence-corrected chi connectivity index (χ4v) is 2.35. The molecule has 2 aliphatic carbocycles. The van der Waals surface area contributed by atoms with E-state index in [1.54, 1.807) is 0 Å². The highest BCUT2D eigenvalue weighted by atomic mass is 16.4. The van der Waals surface area contributed by atoms with Crippen molar-refractivity contribution in [2.45, 2.75) is 44.1 Å². The minimum Gasteiger partial charge on any atom is -0.465 e. The summed E-state index contributed by atoms with van der Waals surface area (Å²) in [6, 6.07) is 0. The Labute approximate surface area is 82.7 Å². The fraction of sp³-hybridized carbons (Fsp3) is 0.800. The average molecular weight is 197 g/mol. The van der Waals surface area contributed by atoms with Gasteiger partial charge in [-0.1, -0.05) is 12.8 Å². The van der Waals surface area contributed by atoms with Crippen LogP contribution in [-0.2, 0) is 4.79 Å². The molecule has 2 fully saturated rings. The standard InChI is InChI=1S/C10H15NO3/c12-8(7-3-4-7)10(11-9(13)14)5-1-2-6-10/h7,11H,1-6H2,(H,13,14). The lowest BCUT2D eigenvalue weighted by atomic mass is 9.89. The first-order valence-corrected chi connectivity index (χ1v) is 5.19. The van der Waals surface area contributed by atoms with Crippen molar-refractivity contribution in [1.29, 1.82) is 0 Å². The van der Waals surface area contributed by atoms with E-state index in [4.69, 9.17) is 5.11 Å². The van der Waals surface area contributed by atoms with Crippen LogP contribution in [0.4, 0.5) is 4.79 Å². The Morgan fingerprint density at radius 2 is 1.79 bits per heavy atom. The maximum atomic E-state index is 11.9. The third-order valence-corrected chi connectivity index (χ3v) is 3.22. The first-order valence-electron chi connectivity index (χ1n) is 5.19. The van der Waals surface area contributed by atoms with Crippen molar-refractivity contribution >= 4 is 11.9 Å². The third kappa shape index (κ3) is 1.61. The van der Waals surface area contributed by atoms with Crippen molar-refractivity contribution in [2.75, 3.05) is 0 Å². The smallest absolute Gasteiger partial charge is 0.405 e. The topological polar surface area (TPSA) is 66.4 Å². The molecule has 0 spiro atoms. The Morgan fingerprint density at radius 1 is 1.21 bits per heavy atom. The Kier molecular flexibility index (Phi) is 2.21. The van der Waals surface area contributed by atoms with Crippen molar-refractivity contribution in [3.8, 4) is 0 Å². The van der Waals surface area contributed by atoms with Crippen LogP contribution >= 0.6 is 0 Å². The van der Waals surface area contributed by atoms with E-state index in [-0.39, 0.29) is 11.7 Å². The van der Waals surface area contributed by atoms with Crippen LogP contribution in [0.15, 0.2) is 0 Å². The molecular weight excluding hydrogens is 182 g/mol. The summed E-state index contributed by atoms with van der Waals surface area (Å²) < 4.78 is 0. The molecule has 0 aromatic rings. The number of rotatable bonds is 3. The number of carboxylic acid groups (broad SMARTS) is 1. The van der Waals surface area contributed by atoms with Gasteiger partial charge in [0, 0.05) is 5.92 Å². The van der Waals surface area contributed by atoms with Crippen LogP contribution in [0.3, 0.4) is 0 Å². The van der Waals surface area contributed by atoms with Crippen LogP contribution in [-0.4, -0.2) is 22.5 Å². The lowest BCUT2D eigenvalue weighted by molar-refractivity contribution is -0.126. The molecule has 4 nitrogen and oxygen atoms in total. The summed E-state index contributed by atoms with van der Waals surface area (Å²) in [5.41, 5.74) is -0.729. The van der Waals surface area contributed by atoms with Crippen molar-refractivity contribution in [3.63, 3.8) is 0 Å². The van der Waals surface area contributed by atoms with Gasteiger partial charge in [0.25, 0.3) is 0 Å². The highest BCUT2D eigenvalue weighted by molar-refractivity contribution is 5.94. The highest BCUT2D eigenvalue weighted by Crippen LogP contribution is 2.40. The molecule has 14 heavy (non-hydrogen) atoms. The monoisotopic (exact) mass is 197 g/mol. The minimum absolute atomic E-state index is 0.136. The third-order valence-electron chi connectivity index (χ3n) is 3.22. The summed E-state index contributed by atoms with van der Waals surface area (Å²) in [6.07, 6.45) is 4.12. The predicted molar refractivity (Wildman–Crippen MR) is 50.1 cm³/mol. The second-order valence-electron chi connectivity index (χ2n) is 4.36. The Hall–Kier alpha value is -1.06. The van der Waals surface area contributed by atoms with E-state index in [1.807, 2.05) is 0 Å². The molecular formula is C10H15NO3. The molecule has 1 amide bonds. The van der Waals surface area contributed by atoms with Gasteiger partial charge in [-0.05, 0) is 25.7 Å². The maximum absolute atomic E-state index is 11.9. The molecule has 0 unspecified atom stereocenters. The second-order valence-corrected chi connectivity index (χ2v) is 4.36. The van der Waals surface area contributed by atoms with Gasteiger partial charge in [-0.25, -0.2) is 4.79 Å². The number of ketones is 1. The molecule has 2 rings (SSSR count). The van der Waals surface area contributed by atoms with E-state index < -0.39 is 11.6 Å². The first-order chi connectivity index (χ1) is 6.64. The van der Waals surface area contributed by atoms with Gasteiger partial charge in [0.2, 0.25) is 0 Å². The molecule has 0 aromatic carbocycles. The molecule has 2 saturated carbocycles. The number of Topliss-reactive ketones (excluding diaryl/α,β-unsaturated/α-hetero) is 1. The zero-order valence-corrected chi connectivity index (χ0v) is 8.08. The SMILES string of the molecule is O=C(O)NC1(C(=O)C2CC2)CCCC1. The Morgan fingerprint density at radius 3 is 2.21 bits per heavy atom. The molecule has 0 saturated heterocycles. The number of hydrogen-bond donors (Lipinski definition) is 2. The highest BCUT2D eigenvalue weighted by Gasteiger charge is 2.48. The fourth-order valence-electron chi connectivity index (χ4n) is 2.35. The summed E-state index contributed by atoms with van der Waals surface area (Å²) in [6.45, 7) is 0. The van der Waals surface area contributed by atoms with E-state index in [9.17, 15) is 9.59 Å². The molecule has 78 valence electrons. The number of hydrogen-bond acceptors (Lipinski definition) is 2. The molecule has 0 aliphatic heterocycles. The van der Waals surface area contributed by atoms with Gasteiger partial charge in [-0.2, -0.15) is 0 Å². The lowest BCUT2D eigenvalue weighted by Crippen LogP contribution is -2.52. The normalized spacial score (nSPS) is 24.6. The van der Waals surface area contributed by atoms with Crippen molar-refractivity contribution in [3.05, 3.63) is 0 Å². The molecule has 0 aromatic heterocycles. The van der Waals surface area contributed by atoms with Crippen LogP contribution < -0.4 is 5.32 Å².